The molecule has 20 heavy (non-hydrogen) atoms. The van der Waals surface area contributed by atoms with Gasteiger partial charge in [-0.1, -0.05) is 11.6 Å². The second-order valence-electron chi connectivity index (χ2n) is 4.03. The molecule has 0 radical (unpaired) electrons. The zero-order valence-corrected chi connectivity index (χ0v) is 12.1. The Kier molecular flexibility index (Phi) is 4.36. The number of hydrogen-bond donors (Lipinski definition) is 1. The van der Waals surface area contributed by atoms with Crippen molar-refractivity contribution in [1.82, 2.24) is 4.98 Å². The first-order valence-corrected chi connectivity index (χ1v) is 6.94. The highest BCUT2D eigenvalue weighted by Gasteiger charge is 2.23. The van der Waals surface area contributed by atoms with Gasteiger partial charge in [-0.25, -0.2) is 4.98 Å². The quantitative estimate of drug-likeness (QED) is 0.942. The first-order chi connectivity index (χ1) is 9.49. The van der Waals surface area contributed by atoms with Gasteiger partial charge in [0.2, 0.25) is 0 Å². The van der Waals surface area contributed by atoms with Crippen molar-refractivity contribution < 1.29 is 14.7 Å². The highest BCUT2D eigenvalue weighted by molar-refractivity contribution is 7.12. The standard InChI is InChI=1S/C13H11ClN2O3S/c1-8-12(20-7-15-8)13(19)16(6-11(17)18)10-4-2-9(14)3-5-10/h2-5,7H,6H2,1H3,(H,17,18). The zero-order valence-electron chi connectivity index (χ0n) is 10.5. The fraction of sp³-hybridized carbons (Fsp3) is 0.154. The Morgan fingerprint density at radius 3 is 2.50 bits per heavy atom. The third-order valence-electron chi connectivity index (χ3n) is 2.62. The highest BCUT2D eigenvalue weighted by Crippen LogP contribution is 2.22. The maximum Gasteiger partial charge on any atom is 0.323 e. The summed E-state index contributed by atoms with van der Waals surface area (Å²) in [6.45, 7) is 1.29. The van der Waals surface area contributed by atoms with Gasteiger partial charge in [-0.15, -0.1) is 11.3 Å². The van der Waals surface area contributed by atoms with Gasteiger partial charge in [-0.3, -0.25) is 14.5 Å². The lowest BCUT2D eigenvalue weighted by atomic mass is 10.2. The van der Waals surface area contributed by atoms with Gasteiger partial charge in [0.1, 0.15) is 11.4 Å². The van der Waals surface area contributed by atoms with Crippen LogP contribution < -0.4 is 4.90 Å². The average molecular weight is 311 g/mol. The maximum atomic E-state index is 12.4. The molecule has 1 heterocycles. The lowest BCUT2D eigenvalue weighted by molar-refractivity contribution is -0.135. The largest absolute Gasteiger partial charge is 0.480 e. The fourth-order valence-corrected chi connectivity index (χ4v) is 2.54. The monoisotopic (exact) mass is 310 g/mol. The summed E-state index contributed by atoms with van der Waals surface area (Å²) in [5.41, 5.74) is 2.63. The van der Waals surface area contributed by atoms with Crippen LogP contribution >= 0.6 is 22.9 Å². The third kappa shape index (κ3) is 3.15. The molecule has 1 aromatic carbocycles. The van der Waals surface area contributed by atoms with Crippen molar-refractivity contribution in [2.45, 2.75) is 6.92 Å². The van der Waals surface area contributed by atoms with Crippen LogP contribution in [0.3, 0.4) is 0 Å². The number of carboxylic acid groups (broad SMARTS) is 1. The molecule has 2 aromatic rings. The molecule has 1 amide bonds. The molecule has 0 aliphatic carbocycles. The number of anilines is 1. The van der Waals surface area contributed by atoms with E-state index in [0.717, 1.165) is 0 Å². The molecule has 1 N–H and O–H groups in total. The summed E-state index contributed by atoms with van der Waals surface area (Å²) >= 11 is 6.99. The first kappa shape index (κ1) is 14.5. The van der Waals surface area contributed by atoms with Crippen molar-refractivity contribution in [3.63, 3.8) is 0 Å². The van der Waals surface area contributed by atoms with Crippen molar-refractivity contribution in [3.05, 3.63) is 45.4 Å². The van der Waals surface area contributed by atoms with Crippen LogP contribution in [0.5, 0.6) is 0 Å². The molecule has 0 unspecified atom stereocenters. The highest BCUT2D eigenvalue weighted by atomic mass is 35.5. The predicted octanol–water partition coefficient (Wildman–Crippen LogP) is 2.84. The number of aromatic nitrogens is 1. The molecule has 0 saturated heterocycles. The van der Waals surface area contributed by atoms with Crippen LogP contribution in [0.15, 0.2) is 29.8 Å². The number of aryl methyl sites for hydroxylation is 1. The topological polar surface area (TPSA) is 70.5 Å². The van der Waals surface area contributed by atoms with Crippen molar-refractivity contribution in [2.24, 2.45) is 0 Å². The molecular formula is C13H11ClN2O3S. The van der Waals surface area contributed by atoms with Crippen LogP contribution in [0.4, 0.5) is 5.69 Å². The van der Waals surface area contributed by atoms with Crippen molar-refractivity contribution >= 4 is 40.5 Å². The number of carbonyl (C=O) groups excluding carboxylic acids is 1. The van der Waals surface area contributed by atoms with Gasteiger partial charge >= 0.3 is 5.97 Å². The Morgan fingerprint density at radius 1 is 1.35 bits per heavy atom. The average Bonchev–Trinajstić information content (AvgIpc) is 2.82. The number of carbonyl (C=O) groups is 2. The van der Waals surface area contributed by atoms with E-state index in [0.29, 0.717) is 21.3 Å². The van der Waals surface area contributed by atoms with Gasteiger partial charge in [-0.2, -0.15) is 0 Å². The summed E-state index contributed by atoms with van der Waals surface area (Å²) in [6, 6.07) is 6.44. The molecule has 0 saturated carbocycles. The summed E-state index contributed by atoms with van der Waals surface area (Å²) in [5, 5.41) is 9.50. The van der Waals surface area contributed by atoms with Gasteiger partial charge in [0.15, 0.2) is 0 Å². The molecule has 0 bridgehead atoms. The SMILES string of the molecule is Cc1ncsc1C(=O)N(CC(=O)O)c1ccc(Cl)cc1. The number of halogens is 1. The van der Waals surface area contributed by atoms with Gasteiger partial charge < -0.3 is 5.11 Å². The number of thiazole rings is 1. The van der Waals surface area contributed by atoms with E-state index >= 15 is 0 Å². The number of aliphatic carboxylic acids is 1. The zero-order chi connectivity index (χ0) is 14.7. The number of hydrogen-bond acceptors (Lipinski definition) is 4. The Bertz CT molecular complexity index is 639. The van der Waals surface area contributed by atoms with Crippen LogP contribution in [-0.4, -0.2) is 28.5 Å². The van der Waals surface area contributed by atoms with Gasteiger partial charge in [0.25, 0.3) is 5.91 Å². The van der Waals surface area contributed by atoms with E-state index < -0.39 is 12.5 Å². The van der Waals surface area contributed by atoms with Gasteiger partial charge in [0.05, 0.1) is 11.2 Å². The molecule has 0 spiro atoms. The lowest BCUT2D eigenvalue weighted by Gasteiger charge is -2.20. The van der Waals surface area contributed by atoms with Crippen LogP contribution in [0.1, 0.15) is 15.4 Å². The summed E-state index contributed by atoms with van der Waals surface area (Å²) in [7, 11) is 0. The second kappa shape index (κ2) is 6.02. The molecule has 7 heteroatoms. The minimum atomic E-state index is -1.09. The minimum absolute atomic E-state index is 0.380. The predicted molar refractivity (Wildman–Crippen MR) is 77.6 cm³/mol. The van der Waals surface area contributed by atoms with E-state index in [9.17, 15) is 9.59 Å². The minimum Gasteiger partial charge on any atom is -0.480 e. The molecule has 0 aliphatic rings. The molecule has 0 fully saturated rings. The fourth-order valence-electron chi connectivity index (χ4n) is 1.67. The molecule has 104 valence electrons. The molecular weight excluding hydrogens is 300 g/mol. The number of nitrogens with zero attached hydrogens (tertiary/aromatic N) is 2. The molecule has 0 atom stereocenters. The summed E-state index contributed by atoms with van der Waals surface area (Å²) < 4.78 is 0. The summed E-state index contributed by atoms with van der Waals surface area (Å²) in [6.07, 6.45) is 0. The normalized spacial score (nSPS) is 10.3. The molecule has 1 aromatic heterocycles. The molecule has 0 aliphatic heterocycles. The Balaban J connectivity index is 2.37. The van der Waals surface area contributed by atoms with E-state index in [2.05, 4.69) is 4.98 Å². The lowest BCUT2D eigenvalue weighted by Crippen LogP contribution is -2.35. The first-order valence-electron chi connectivity index (χ1n) is 5.68. The van der Waals surface area contributed by atoms with Gasteiger partial charge in [0, 0.05) is 10.7 Å². The third-order valence-corrected chi connectivity index (χ3v) is 3.79. The van der Waals surface area contributed by atoms with Crippen LogP contribution in [0.2, 0.25) is 5.02 Å². The van der Waals surface area contributed by atoms with Crippen LogP contribution in [0, 0.1) is 6.92 Å². The summed E-state index contributed by atoms with van der Waals surface area (Å²) in [5.74, 6) is -1.47. The molecule has 2 rings (SSSR count). The molecule has 5 nitrogen and oxygen atoms in total. The Hall–Kier alpha value is -1.92. The van der Waals surface area contributed by atoms with E-state index in [-0.39, 0.29) is 5.91 Å². The number of carboxylic acids is 1. The number of amides is 1. The van der Waals surface area contributed by atoms with Crippen LogP contribution in [-0.2, 0) is 4.79 Å². The smallest absolute Gasteiger partial charge is 0.323 e. The van der Waals surface area contributed by atoms with E-state index in [4.69, 9.17) is 16.7 Å². The van der Waals surface area contributed by atoms with Crippen molar-refractivity contribution in [3.8, 4) is 0 Å². The van der Waals surface area contributed by atoms with Gasteiger partial charge in [-0.05, 0) is 31.2 Å². The number of benzene rings is 1. The Morgan fingerprint density at radius 2 is 2.00 bits per heavy atom. The van der Waals surface area contributed by atoms with E-state index in [1.165, 1.54) is 16.2 Å². The number of rotatable bonds is 4. The van der Waals surface area contributed by atoms with E-state index in [1.54, 1.807) is 36.7 Å². The maximum absolute atomic E-state index is 12.4. The second-order valence-corrected chi connectivity index (χ2v) is 5.32. The van der Waals surface area contributed by atoms with E-state index in [1.807, 2.05) is 0 Å². The summed E-state index contributed by atoms with van der Waals surface area (Å²) in [4.78, 5) is 29.1. The van der Waals surface area contributed by atoms with Crippen molar-refractivity contribution in [2.75, 3.05) is 11.4 Å². The van der Waals surface area contributed by atoms with Crippen LogP contribution in [0.25, 0.3) is 0 Å². The van der Waals surface area contributed by atoms with Crippen molar-refractivity contribution in [1.29, 1.82) is 0 Å². The Labute approximate surface area is 124 Å².